The number of benzene rings is 1. The number of tetrazole rings is 1. The number of amides is 1. The fourth-order valence-electron chi connectivity index (χ4n) is 2.08. The van der Waals surface area contributed by atoms with Crippen LogP contribution in [0.5, 0.6) is 0 Å². The SMILES string of the molecule is CC(CNC(=O)c1cccc2cc[nH]c12)c1nn[nH]n1. The quantitative estimate of drug-likeness (QED) is 0.663. The Kier molecular flexibility index (Phi) is 3.16. The van der Waals surface area contributed by atoms with Crippen molar-refractivity contribution >= 4 is 16.8 Å². The Hall–Kier alpha value is -2.70. The van der Waals surface area contributed by atoms with Crippen molar-refractivity contribution in [3.63, 3.8) is 0 Å². The first-order valence-corrected chi connectivity index (χ1v) is 6.33. The van der Waals surface area contributed by atoms with Crippen molar-refractivity contribution in [1.29, 1.82) is 0 Å². The molecule has 0 aliphatic heterocycles. The zero-order valence-corrected chi connectivity index (χ0v) is 10.9. The van der Waals surface area contributed by atoms with Crippen LogP contribution >= 0.6 is 0 Å². The van der Waals surface area contributed by atoms with Crippen molar-refractivity contribution < 1.29 is 4.79 Å². The molecule has 3 aromatic rings. The van der Waals surface area contributed by atoms with Crippen LogP contribution in [-0.2, 0) is 0 Å². The maximum atomic E-state index is 12.2. The summed E-state index contributed by atoms with van der Waals surface area (Å²) in [5.41, 5.74) is 1.48. The standard InChI is InChI=1S/C13H14N6O/c1-8(12-16-18-19-17-12)7-15-13(20)10-4-2-3-9-5-6-14-11(9)10/h2-6,8,14H,7H2,1H3,(H,15,20)(H,16,17,18,19). The molecular weight excluding hydrogens is 256 g/mol. The predicted molar refractivity (Wildman–Crippen MR) is 73.2 cm³/mol. The second-order valence-corrected chi connectivity index (χ2v) is 4.63. The van der Waals surface area contributed by atoms with E-state index >= 15 is 0 Å². The second kappa shape index (κ2) is 5.12. The number of aromatic nitrogens is 5. The molecule has 0 aliphatic rings. The van der Waals surface area contributed by atoms with Gasteiger partial charge in [-0.3, -0.25) is 4.79 Å². The first kappa shape index (κ1) is 12.3. The highest BCUT2D eigenvalue weighted by Gasteiger charge is 2.14. The molecule has 1 unspecified atom stereocenters. The molecule has 1 amide bonds. The van der Waals surface area contributed by atoms with E-state index in [2.05, 4.69) is 30.9 Å². The molecule has 7 nitrogen and oxygen atoms in total. The predicted octanol–water partition coefficient (Wildman–Crippen LogP) is 1.21. The molecule has 3 rings (SSSR count). The van der Waals surface area contributed by atoms with E-state index in [1.54, 1.807) is 6.07 Å². The van der Waals surface area contributed by atoms with Crippen LogP contribution in [0.15, 0.2) is 30.5 Å². The first-order valence-electron chi connectivity index (χ1n) is 6.33. The molecule has 0 bridgehead atoms. The summed E-state index contributed by atoms with van der Waals surface area (Å²) >= 11 is 0. The van der Waals surface area contributed by atoms with E-state index in [1.807, 2.05) is 31.3 Å². The van der Waals surface area contributed by atoms with Crippen molar-refractivity contribution in [3.8, 4) is 0 Å². The maximum Gasteiger partial charge on any atom is 0.253 e. The van der Waals surface area contributed by atoms with E-state index in [1.165, 1.54) is 0 Å². The Morgan fingerprint density at radius 3 is 3.10 bits per heavy atom. The molecule has 102 valence electrons. The summed E-state index contributed by atoms with van der Waals surface area (Å²) in [6.45, 7) is 2.38. The third-order valence-electron chi connectivity index (χ3n) is 3.20. The third kappa shape index (κ3) is 2.25. The molecule has 20 heavy (non-hydrogen) atoms. The van der Waals surface area contributed by atoms with Crippen LogP contribution in [0.2, 0.25) is 0 Å². The lowest BCUT2D eigenvalue weighted by Gasteiger charge is -2.09. The van der Waals surface area contributed by atoms with Crippen LogP contribution in [-0.4, -0.2) is 38.1 Å². The van der Waals surface area contributed by atoms with Crippen molar-refractivity contribution in [3.05, 3.63) is 41.9 Å². The maximum absolute atomic E-state index is 12.2. The number of carbonyl (C=O) groups excluding carboxylic acids is 1. The van der Waals surface area contributed by atoms with Crippen molar-refractivity contribution in [2.75, 3.05) is 6.54 Å². The Balaban J connectivity index is 1.72. The molecule has 0 saturated heterocycles. The summed E-state index contributed by atoms with van der Waals surface area (Å²) < 4.78 is 0. The molecule has 0 aliphatic carbocycles. The van der Waals surface area contributed by atoms with Gasteiger partial charge in [-0.25, -0.2) is 0 Å². The van der Waals surface area contributed by atoms with Crippen molar-refractivity contribution in [2.24, 2.45) is 0 Å². The molecule has 2 heterocycles. The highest BCUT2D eigenvalue weighted by atomic mass is 16.1. The number of carbonyl (C=O) groups is 1. The van der Waals surface area contributed by atoms with Crippen LogP contribution in [0, 0.1) is 0 Å². The number of aromatic amines is 2. The number of nitrogens with zero attached hydrogens (tertiary/aromatic N) is 3. The van der Waals surface area contributed by atoms with E-state index in [0.29, 0.717) is 17.9 Å². The van der Waals surface area contributed by atoms with Gasteiger partial charge in [-0.15, -0.1) is 10.2 Å². The molecule has 0 saturated carbocycles. The molecule has 3 N–H and O–H groups in total. The largest absolute Gasteiger partial charge is 0.361 e. The second-order valence-electron chi connectivity index (χ2n) is 4.63. The highest BCUT2D eigenvalue weighted by Crippen LogP contribution is 2.17. The summed E-state index contributed by atoms with van der Waals surface area (Å²) in [6, 6.07) is 7.57. The van der Waals surface area contributed by atoms with Crippen LogP contribution in [0.4, 0.5) is 0 Å². The van der Waals surface area contributed by atoms with E-state index in [-0.39, 0.29) is 11.8 Å². The van der Waals surface area contributed by atoms with Crippen LogP contribution in [0.25, 0.3) is 10.9 Å². The van der Waals surface area contributed by atoms with Gasteiger partial charge < -0.3 is 10.3 Å². The van der Waals surface area contributed by atoms with Crippen LogP contribution in [0.1, 0.15) is 29.0 Å². The van der Waals surface area contributed by atoms with Gasteiger partial charge in [-0.05, 0) is 12.1 Å². The van der Waals surface area contributed by atoms with Crippen LogP contribution < -0.4 is 5.32 Å². The highest BCUT2D eigenvalue weighted by molar-refractivity contribution is 6.05. The zero-order chi connectivity index (χ0) is 13.9. The van der Waals surface area contributed by atoms with Gasteiger partial charge in [0.05, 0.1) is 11.1 Å². The minimum atomic E-state index is -0.117. The van der Waals surface area contributed by atoms with Gasteiger partial charge in [0.15, 0.2) is 5.82 Å². The van der Waals surface area contributed by atoms with Gasteiger partial charge in [0.25, 0.3) is 5.91 Å². The number of fused-ring (bicyclic) bond motifs is 1. The van der Waals surface area contributed by atoms with Crippen LogP contribution in [0.3, 0.4) is 0 Å². The molecule has 2 aromatic heterocycles. The number of rotatable bonds is 4. The Bertz CT molecular complexity index is 717. The van der Waals surface area contributed by atoms with Gasteiger partial charge >= 0.3 is 0 Å². The third-order valence-corrected chi connectivity index (χ3v) is 3.20. The van der Waals surface area contributed by atoms with Crippen molar-refractivity contribution in [1.82, 2.24) is 30.9 Å². The summed E-state index contributed by atoms with van der Waals surface area (Å²) in [5.74, 6) is 0.470. The van der Waals surface area contributed by atoms with E-state index in [4.69, 9.17) is 0 Å². The molecule has 0 spiro atoms. The Labute approximate surface area is 114 Å². The minimum absolute atomic E-state index is 0.000505. The lowest BCUT2D eigenvalue weighted by Crippen LogP contribution is -2.28. The monoisotopic (exact) mass is 270 g/mol. The van der Waals surface area contributed by atoms with Gasteiger partial charge in [-0.2, -0.15) is 5.21 Å². The van der Waals surface area contributed by atoms with Crippen molar-refractivity contribution in [2.45, 2.75) is 12.8 Å². The topological polar surface area (TPSA) is 99.4 Å². The van der Waals surface area contributed by atoms with Gasteiger partial charge in [0.1, 0.15) is 0 Å². The molecule has 1 aromatic carbocycles. The lowest BCUT2D eigenvalue weighted by atomic mass is 10.1. The lowest BCUT2D eigenvalue weighted by molar-refractivity contribution is 0.0953. The van der Waals surface area contributed by atoms with Gasteiger partial charge in [-0.1, -0.05) is 24.3 Å². The number of nitrogens with one attached hydrogen (secondary N) is 3. The van der Waals surface area contributed by atoms with Gasteiger partial charge in [0.2, 0.25) is 0 Å². The summed E-state index contributed by atoms with van der Waals surface area (Å²) in [6.07, 6.45) is 1.82. The molecule has 1 atom stereocenters. The molecule has 0 radical (unpaired) electrons. The number of para-hydroxylation sites is 1. The average Bonchev–Trinajstić information content (AvgIpc) is 3.13. The Morgan fingerprint density at radius 1 is 1.40 bits per heavy atom. The normalized spacial score (nSPS) is 12.4. The fraction of sp³-hybridized carbons (Fsp3) is 0.231. The summed E-state index contributed by atoms with van der Waals surface area (Å²) in [5, 5.41) is 17.6. The molecular formula is C13H14N6O. The van der Waals surface area contributed by atoms with E-state index in [0.717, 1.165) is 10.9 Å². The van der Waals surface area contributed by atoms with Gasteiger partial charge in [0, 0.05) is 24.0 Å². The zero-order valence-electron chi connectivity index (χ0n) is 10.9. The number of hydrogen-bond acceptors (Lipinski definition) is 4. The number of hydrogen-bond donors (Lipinski definition) is 3. The summed E-state index contributed by atoms with van der Waals surface area (Å²) in [4.78, 5) is 15.3. The average molecular weight is 270 g/mol. The van der Waals surface area contributed by atoms with E-state index in [9.17, 15) is 4.79 Å². The first-order chi connectivity index (χ1) is 9.75. The number of H-pyrrole nitrogens is 2. The fourth-order valence-corrected chi connectivity index (χ4v) is 2.08. The molecule has 7 heteroatoms. The Morgan fingerprint density at radius 2 is 2.30 bits per heavy atom. The minimum Gasteiger partial charge on any atom is -0.361 e. The summed E-state index contributed by atoms with van der Waals surface area (Å²) in [7, 11) is 0. The van der Waals surface area contributed by atoms with E-state index < -0.39 is 0 Å². The smallest absolute Gasteiger partial charge is 0.253 e. The molecule has 0 fully saturated rings.